The molecule has 1 aliphatic rings. The van der Waals surface area contributed by atoms with E-state index in [1.807, 2.05) is 0 Å². The molecule has 1 aromatic carbocycles. The molecular weight excluding hydrogens is 430 g/mol. The Hall–Kier alpha value is -3.37. The Kier molecular flexibility index (Phi) is 6.42. The van der Waals surface area contributed by atoms with Gasteiger partial charge in [0.15, 0.2) is 9.84 Å². The second-order valence-corrected chi connectivity index (χ2v) is 9.52. The highest BCUT2D eigenvalue weighted by Gasteiger charge is 2.19. The number of hydrogen-bond acceptors (Lipinski definition) is 8. The predicted molar refractivity (Wildman–Crippen MR) is 119 cm³/mol. The highest BCUT2D eigenvalue weighted by Crippen LogP contribution is 2.24. The van der Waals surface area contributed by atoms with Crippen molar-refractivity contribution in [1.82, 2.24) is 20.3 Å². The SMILES string of the molecule is CS(=O)(=O)c1ccccc1Nc1cc(Cc2ccc(C(=O)NC3CCOC3)cn2)ncn1. The van der Waals surface area contributed by atoms with Crippen molar-refractivity contribution >= 4 is 27.2 Å². The highest BCUT2D eigenvalue weighted by molar-refractivity contribution is 7.90. The third-order valence-electron chi connectivity index (χ3n) is 4.99. The van der Waals surface area contributed by atoms with Crippen molar-refractivity contribution in [2.24, 2.45) is 0 Å². The smallest absolute Gasteiger partial charge is 0.253 e. The molecule has 1 unspecified atom stereocenters. The average Bonchev–Trinajstić information content (AvgIpc) is 3.27. The maximum Gasteiger partial charge on any atom is 0.253 e. The standard InChI is InChI=1S/C22H23N5O4S/c1-32(29,30)20-5-3-2-4-19(20)27-21-11-18(24-14-25-21)10-16-7-6-15(12-23-16)22(28)26-17-8-9-31-13-17/h2-7,11-12,14,17H,8-10,13H2,1H3,(H,26,28)(H,24,25,27). The summed E-state index contributed by atoms with van der Waals surface area (Å²) in [6.45, 7) is 1.20. The fourth-order valence-corrected chi connectivity index (χ4v) is 4.20. The lowest BCUT2D eigenvalue weighted by Crippen LogP contribution is -2.35. The summed E-state index contributed by atoms with van der Waals surface area (Å²) in [4.78, 5) is 25.3. The first-order valence-electron chi connectivity index (χ1n) is 10.1. The van der Waals surface area contributed by atoms with Gasteiger partial charge < -0.3 is 15.4 Å². The lowest BCUT2D eigenvalue weighted by atomic mass is 10.1. The molecule has 3 heterocycles. The van der Waals surface area contributed by atoms with Gasteiger partial charge in [-0.15, -0.1) is 0 Å². The van der Waals surface area contributed by atoms with Gasteiger partial charge in [-0.2, -0.15) is 0 Å². The Bertz CT molecular complexity index is 1210. The molecule has 9 nitrogen and oxygen atoms in total. The maximum atomic E-state index is 12.3. The lowest BCUT2D eigenvalue weighted by molar-refractivity contribution is 0.0929. The number of carbonyl (C=O) groups excluding carboxylic acids is 1. The van der Waals surface area contributed by atoms with E-state index in [2.05, 4.69) is 25.6 Å². The molecule has 32 heavy (non-hydrogen) atoms. The largest absolute Gasteiger partial charge is 0.379 e. The minimum absolute atomic E-state index is 0.0435. The molecule has 166 valence electrons. The number of nitrogens with zero attached hydrogens (tertiary/aromatic N) is 3. The summed E-state index contributed by atoms with van der Waals surface area (Å²) in [5.74, 6) is 0.304. The Balaban J connectivity index is 1.44. The Morgan fingerprint density at radius 2 is 1.97 bits per heavy atom. The number of ether oxygens (including phenoxy) is 1. The molecule has 0 saturated carbocycles. The van der Waals surface area contributed by atoms with Gasteiger partial charge in [-0.1, -0.05) is 12.1 Å². The molecule has 0 radical (unpaired) electrons. The van der Waals surface area contributed by atoms with Gasteiger partial charge in [0, 0.05) is 37.2 Å². The quantitative estimate of drug-likeness (QED) is 0.558. The summed E-state index contributed by atoms with van der Waals surface area (Å²) in [6, 6.07) is 11.9. The number of nitrogens with one attached hydrogen (secondary N) is 2. The van der Waals surface area contributed by atoms with Gasteiger partial charge in [0.25, 0.3) is 5.91 Å². The van der Waals surface area contributed by atoms with Crippen molar-refractivity contribution < 1.29 is 17.9 Å². The predicted octanol–water partition coefficient (Wildman–Crippen LogP) is 2.13. The van der Waals surface area contributed by atoms with Crippen molar-refractivity contribution in [3.8, 4) is 0 Å². The van der Waals surface area contributed by atoms with E-state index >= 15 is 0 Å². The monoisotopic (exact) mass is 453 g/mol. The van der Waals surface area contributed by atoms with Crippen molar-refractivity contribution in [2.45, 2.75) is 23.8 Å². The number of hydrogen-bond donors (Lipinski definition) is 2. The van der Waals surface area contributed by atoms with Crippen LogP contribution in [0.2, 0.25) is 0 Å². The van der Waals surface area contributed by atoms with Crippen LogP contribution in [0.15, 0.2) is 59.9 Å². The van der Waals surface area contributed by atoms with Crippen LogP contribution >= 0.6 is 0 Å². The zero-order chi connectivity index (χ0) is 22.6. The topological polar surface area (TPSA) is 123 Å². The Labute approximate surface area is 186 Å². The van der Waals surface area contributed by atoms with Gasteiger partial charge in [0.2, 0.25) is 0 Å². The molecule has 0 spiro atoms. The van der Waals surface area contributed by atoms with Gasteiger partial charge in [0.05, 0.1) is 34.5 Å². The van der Waals surface area contributed by atoms with Crippen LogP contribution in [-0.4, -0.2) is 54.8 Å². The summed E-state index contributed by atoms with van der Waals surface area (Å²) in [6.07, 6.45) is 5.37. The van der Waals surface area contributed by atoms with E-state index in [1.165, 1.54) is 6.33 Å². The molecule has 0 aliphatic carbocycles. The number of benzene rings is 1. The number of rotatable bonds is 7. The normalized spacial score (nSPS) is 16.0. The van der Waals surface area contributed by atoms with Gasteiger partial charge in [-0.05, 0) is 30.7 Å². The number of carbonyl (C=O) groups is 1. The fraction of sp³-hybridized carbons (Fsp3) is 0.273. The molecule has 4 rings (SSSR count). The van der Waals surface area contributed by atoms with Gasteiger partial charge in [0.1, 0.15) is 12.1 Å². The van der Waals surface area contributed by atoms with E-state index in [-0.39, 0.29) is 16.8 Å². The Morgan fingerprint density at radius 3 is 2.69 bits per heavy atom. The van der Waals surface area contributed by atoms with Gasteiger partial charge >= 0.3 is 0 Å². The molecule has 1 aliphatic heterocycles. The van der Waals surface area contributed by atoms with E-state index in [4.69, 9.17) is 4.74 Å². The first-order valence-corrected chi connectivity index (χ1v) is 12.0. The molecule has 2 aromatic heterocycles. The summed E-state index contributed by atoms with van der Waals surface area (Å²) in [7, 11) is -3.39. The molecule has 1 fully saturated rings. The van der Waals surface area contributed by atoms with Crippen LogP contribution < -0.4 is 10.6 Å². The molecule has 1 saturated heterocycles. The Morgan fingerprint density at radius 1 is 1.12 bits per heavy atom. The van der Waals surface area contributed by atoms with E-state index in [9.17, 15) is 13.2 Å². The third kappa shape index (κ3) is 5.45. The van der Waals surface area contributed by atoms with Gasteiger partial charge in [-0.25, -0.2) is 18.4 Å². The van der Waals surface area contributed by atoms with Crippen LogP contribution in [-0.2, 0) is 21.0 Å². The zero-order valence-corrected chi connectivity index (χ0v) is 18.3. The van der Waals surface area contributed by atoms with Crippen LogP contribution in [0.3, 0.4) is 0 Å². The molecule has 1 atom stereocenters. The summed E-state index contributed by atoms with van der Waals surface area (Å²) < 4.78 is 29.3. The number of anilines is 2. The maximum absolute atomic E-state index is 12.3. The minimum Gasteiger partial charge on any atom is -0.379 e. The number of pyridine rings is 1. The number of sulfone groups is 1. The second-order valence-electron chi connectivity index (χ2n) is 7.54. The summed E-state index contributed by atoms with van der Waals surface area (Å²) in [5.41, 5.74) is 2.38. The fourth-order valence-electron chi connectivity index (χ4n) is 3.36. The molecule has 1 amide bonds. The average molecular weight is 454 g/mol. The third-order valence-corrected chi connectivity index (χ3v) is 6.14. The minimum atomic E-state index is -3.39. The first kappa shape index (κ1) is 21.8. The number of aromatic nitrogens is 3. The summed E-state index contributed by atoms with van der Waals surface area (Å²) >= 11 is 0. The van der Waals surface area contributed by atoms with Crippen LogP contribution in [0.4, 0.5) is 11.5 Å². The van der Waals surface area contributed by atoms with E-state index in [1.54, 1.807) is 48.7 Å². The molecule has 10 heteroatoms. The van der Waals surface area contributed by atoms with Crippen LogP contribution in [0.25, 0.3) is 0 Å². The van der Waals surface area contributed by atoms with Gasteiger partial charge in [-0.3, -0.25) is 9.78 Å². The number of para-hydroxylation sites is 1. The van der Waals surface area contributed by atoms with Crippen LogP contribution in [0.1, 0.15) is 28.2 Å². The molecule has 3 aromatic rings. The molecule has 2 N–H and O–H groups in total. The van der Waals surface area contributed by atoms with Crippen LogP contribution in [0.5, 0.6) is 0 Å². The first-order chi connectivity index (χ1) is 15.4. The van der Waals surface area contributed by atoms with E-state index in [0.717, 1.165) is 18.4 Å². The molecule has 0 bridgehead atoms. The van der Waals surface area contributed by atoms with E-state index < -0.39 is 9.84 Å². The molecular formula is C22H23N5O4S. The van der Waals surface area contributed by atoms with Crippen molar-refractivity contribution in [3.63, 3.8) is 0 Å². The second kappa shape index (κ2) is 9.41. The van der Waals surface area contributed by atoms with Crippen molar-refractivity contribution in [1.29, 1.82) is 0 Å². The lowest BCUT2D eigenvalue weighted by Gasteiger charge is -2.11. The van der Waals surface area contributed by atoms with Crippen molar-refractivity contribution in [3.05, 3.63) is 71.9 Å². The zero-order valence-electron chi connectivity index (χ0n) is 17.5. The number of amides is 1. The highest BCUT2D eigenvalue weighted by atomic mass is 32.2. The van der Waals surface area contributed by atoms with Crippen LogP contribution in [0, 0.1) is 0 Å². The van der Waals surface area contributed by atoms with Crippen molar-refractivity contribution in [2.75, 3.05) is 24.8 Å². The summed E-state index contributed by atoms with van der Waals surface area (Å²) in [5, 5.41) is 5.98. The van der Waals surface area contributed by atoms with E-state index in [0.29, 0.717) is 42.4 Å².